The number of ketones is 1. The molecule has 2 rings (SSSR count). The Hall–Kier alpha value is -2.36. The number of Topliss-reactive ketones (excluding diaryl/α,β-unsaturated/α-hetero) is 1. The van der Waals surface area contributed by atoms with Crippen LogP contribution in [0.15, 0.2) is 60.0 Å². The molecule has 1 atom stereocenters. The van der Waals surface area contributed by atoms with Gasteiger partial charge >= 0.3 is 0 Å². The zero-order chi connectivity index (χ0) is 12.1. The molecular weight excluding hydrogens is 216 g/mol. The minimum absolute atomic E-state index is 0.334. The van der Waals surface area contributed by atoms with Crippen LogP contribution in [0.5, 0.6) is 0 Å². The summed E-state index contributed by atoms with van der Waals surface area (Å²) in [7, 11) is 0. The van der Waals surface area contributed by atoms with Crippen molar-refractivity contribution in [1.29, 1.82) is 0 Å². The number of nitrogens with zero attached hydrogens (tertiary/aromatic N) is 2. The molecule has 0 amide bonds. The molecule has 0 aliphatic rings. The second-order valence-corrected chi connectivity index (χ2v) is 3.52. The van der Waals surface area contributed by atoms with Crippen LogP contribution in [-0.4, -0.2) is 10.8 Å². The Labute approximate surface area is 98.3 Å². The topological polar surface area (TPSA) is 59.4 Å². The van der Waals surface area contributed by atoms with Gasteiger partial charge in [0.2, 0.25) is 0 Å². The molecule has 2 aromatic rings. The smallest absolute Gasteiger partial charge is 0.197 e. The summed E-state index contributed by atoms with van der Waals surface area (Å²) in [6.45, 7) is 0. The van der Waals surface area contributed by atoms with E-state index in [1.165, 1.54) is 6.20 Å². The molecule has 17 heavy (non-hydrogen) atoms. The number of carbonyl (C=O) groups is 1. The lowest BCUT2D eigenvalue weighted by Gasteiger charge is -2.07. The van der Waals surface area contributed by atoms with Crippen LogP contribution >= 0.6 is 0 Å². The summed E-state index contributed by atoms with van der Waals surface area (Å²) in [6.07, 6.45) is 3.01. The predicted octanol–water partition coefficient (Wildman–Crippen LogP) is 2.77. The van der Waals surface area contributed by atoms with Crippen LogP contribution in [0.1, 0.15) is 22.0 Å². The number of hydrogen-bond donors (Lipinski definition) is 0. The number of aromatic nitrogens is 1. The van der Waals surface area contributed by atoms with E-state index in [0.717, 1.165) is 0 Å². The molecule has 0 saturated heterocycles. The van der Waals surface area contributed by atoms with E-state index in [0.29, 0.717) is 11.1 Å². The Morgan fingerprint density at radius 3 is 2.47 bits per heavy atom. The highest BCUT2D eigenvalue weighted by atomic mass is 16.3. The fourth-order valence-electron chi connectivity index (χ4n) is 1.56. The number of nitroso groups, excluding NO2 is 1. The van der Waals surface area contributed by atoms with Gasteiger partial charge < -0.3 is 0 Å². The maximum Gasteiger partial charge on any atom is 0.197 e. The number of rotatable bonds is 4. The van der Waals surface area contributed by atoms with Gasteiger partial charge in [0.1, 0.15) is 0 Å². The average Bonchev–Trinajstić information content (AvgIpc) is 2.42. The van der Waals surface area contributed by atoms with Crippen molar-refractivity contribution >= 4 is 5.78 Å². The lowest BCUT2D eigenvalue weighted by Crippen LogP contribution is -2.10. The normalized spacial score (nSPS) is 11.8. The first-order valence-corrected chi connectivity index (χ1v) is 5.14. The van der Waals surface area contributed by atoms with Gasteiger partial charge in [-0.3, -0.25) is 9.78 Å². The molecule has 1 aromatic heterocycles. The molecule has 0 aliphatic carbocycles. The van der Waals surface area contributed by atoms with Gasteiger partial charge in [-0.2, -0.15) is 0 Å². The highest BCUT2D eigenvalue weighted by Crippen LogP contribution is 2.21. The first kappa shape index (κ1) is 11.1. The van der Waals surface area contributed by atoms with E-state index in [-0.39, 0.29) is 5.78 Å². The molecule has 0 bridgehead atoms. The highest BCUT2D eigenvalue weighted by Gasteiger charge is 2.22. The predicted molar refractivity (Wildman–Crippen MR) is 63.5 cm³/mol. The Morgan fingerprint density at radius 2 is 1.88 bits per heavy atom. The first-order valence-electron chi connectivity index (χ1n) is 5.14. The fourth-order valence-corrected chi connectivity index (χ4v) is 1.56. The van der Waals surface area contributed by atoms with Crippen molar-refractivity contribution in [2.75, 3.05) is 0 Å². The molecule has 0 radical (unpaired) electrons. The summed E-state index contributed by atoms with van der Waals surface area (Å²) in [4.78, 5) is 26.7. The van der Waals surface area contributed by atoms with Gasteiger partial charge in [0.25, 0.3) is 0 Å². The average molecular weight is 226 g/mol. The Balaban J connectivity index is 2.32. The van der Waals surface area contributed by atoms with Crippen LogP contribution < -0.4 is 0 Å². The molecule has 4 nitrogen and oxygen atoms in total. The van der Waals surface area contributed by atoms with Gasteiger partial charge in [-0.15, -0.1) is 4.91 Å². The van der Waals surface area contributed by atoms with Crippen LogP contribution in [0.25, 0.3) is 0 Å². The molecule has 1 unspecified atom stereocenters. The second kappa shape index (κ2) is 5.12. The Kier molecular flexibility index (Phi) is 3.35. The Morgan fingerprint density at radius 1 is 1.12 bits per heavy atom. The van der Waals surface area contributed by atoms with Gasteiger partial charge in [0, 0.05) is 18.0 Å². The molecule has 1 aromatic carbocycles. The third kappa shape index (κ3) is 2.42. The monoisotopic (exact) mass is 226 g/mol. The minimum atomic E-state index is -1.000. The maximum atomic E-state index is 12.0. The summed E-state index contributed by atoms with van der Waals surface area (Å²) in [5.41, 5.74) is 0.984. The summed E-state index contributed by atoms with van der Waals surface area (Å²) in [6, 6.07) is 11.0. The fraction of sp³-hybridized carbons (Fsp3) is 0.0769. The standard InChI is InChI=1S/C13H10N2O2/c16-13(11-7-4-8-14-9-11)12(15-17)10-5-2-1-3-6-10/h1-9,12H. The van der Waals surface area contributed by atoms with Crippen LogP contribution in [-0.2, 0) is 0 Å². The van der Waals surface area contributed by atoms with E-state index >= 15 is 0 Å². The van der Waals surface area contributed by atoms with Gasteiger partial charge in [0.05, 0.1) is 0 Å². The molecule has 1 heterocycles. The van der Waals surface area contributed by atoms with Crippen molar-refractivity contribution in [3.8, 4) is 0 Å². The highest BCUT2D eigenvalue weighted by molar-refractivity contribution is 6.00. The third-order valence-corrected chi connectivity index (χ3v) is 2.42. The van der Waals surface area contributed by atoms with E-state index in [9.17, 15) is 9.70 Å². The molecule has 4 heteroatoms. The summed E-state index contributed by atoms with van der Waals surface area (Å²) >= 11 is 0. The summed E-state index contributed by atoms with van der Waals surface area (Å²) in [5, 5.41) is 2.91. The van der Waals surface area contributed by atoms with Crippen LogP contribution in [0.4, 0.5) is 0 Å². The van der Waals surface area contributed by atoms with Crippen molar-refractivity contribution in [1.82, 2.24) is 4.98 Å². The zero-order valence-corrected chi connectivity index (χ0v) is 8.98. The van der Waals surface area contributed by atoms with Crippen LogP contribution in [0.2, 0.25) is 0 Å². The third-order valence-electron chi connectivity index (χ3n) is 2.42. The number of carbonyl (C=O) groups excluding carboxylic acids is 1. The van der Waals surface area contributed by atoms with E-state index in [4.69, 9.17) is 0 Å². The number of hydrogen-bond acceptors (Lipinski definition) is 4. The van der Waals surface area contributed by atoms with Crippen molar-refractivity contribution in [3.05, 3.63) is 70.9 Å². The first-order chi connectivity index (χ1) is 8.33. The summed E-state index contributed by atoms with van der Waals surface area (Å²) in [5.74, 6) is -0.334. The molecule has 0 fully saturated rings. The van der Waals surface area contributed by atoms with Crippen molar-refractivity contribution in [2.24, 2.45) is 5.18 Å². The SMILES string of the molecule is O=NC(C(=O)c1cccnc1)c1ccccc1. The van der Waals surface area contributed by atoms with Gasteiger partial charge in [-0.1, -0.05) is 35.5 Å². The second-order valence-electron chi connectivity index (χ2n) is 3.52. The summed E-state index contributed by atoms with van der Waals surface area (Å²) < 4.78 is 0. The largest absolute Gasteiger partial charge is 0.291 e. The van der Waals surface area contributed by atoms with Crippen LogP contribution in [0.3, 0.4) is 0 Å². The molecule has 0 spiro atoms. The molecular formula is C13H10N2O2. The number of benzene rings is 1. The number of pyridine rings is 1. The molecule has 0 saturated carbocycles. The van der Waals surface area contributed by atoms with Crippen molar-refractivity contribution in [3.63, 3.8) is 0 Å². The van der Waals surface area contributed by atoms with Gasteiger partial charge in [-0.05, 0) is 17.7 Å². The molecule has 0 aliphatic heterocycles. The van der Waals surface area contributed by atoms with Crippen molar-refractivity contribution in [2.45, 2.75) is 6.04 Å². The van der Waals surface area contributed by atoms with E-state index in [1.54, 1.807) is 42.6 Å². The molecule has 0 N–H and O–H groups in total. The zero-order valence-electron chi connectivity index (χ0n) is 8.98. The van der Waals surface area contributed by atoms with E-state index < -0.39 is 6.04 Å². The Bertz CT molecular complexity index is 511. The molecule has 84 valence electrons. The quantitative estimate of drug-likeness (QED) is 0.595. The maximum absolute atomic E-state index is 12.0. The minimum Gasteiger partial charge on any atom is -0.291 e. The lowest BCUT2D eigenvalue weighted by molar-refractivity contribution is 0.0961. The van der Waals surface area contributed by atoms with Gasteiger partial charge in [-0.25, -0.2) is 0 Å². The van der Waals surface area contributed by atoms with Crippen LogP contribution in [0, 0.1) is 4.91 Å². The van der Waals surface area contributed by atoms with E-state index in [1.807, 2.05) is 6.07 Å². The van der Waals surface area contributed by atoms with Crippen molar-refractivity contribution < 1.29 is 4.79 Å². The lowest BCUT2D eigenvalue weighted by atomic mass is 9.99. The van der Waals surface area contributed by atoms with Gasteiger partial charge in [0.15, 0.2) is 11.8 Å². The van der Waals surface area contributed by atoms with E-state index in [2.05, 4.69) is 10.2 Å².